The zero-order valence-electron chi connectivity index (χ0n) is 22.8. The van der Waals surface area contributed by atoms with Gasteiger partial charge in [-0.05, 0) is 37.0 Å². The number of benzene rings is 2. The number of nitrogens with one attached hydrogen (secondary N) is 3. The van der Waals surface area contributed by atoms with Crippen LogP contribution in [0.1, 0.15) is 29.9 Å². The van der Waals surface area contributed by atoms with Crippen LogP contribution in [-0.4, -0.2) is 100 Å². The van der Waals surface area contributed by atoms with Crippen LogP contribution in [0.25, 0.3) is 0 Å². The van der Waals surface area contributed by atoms with Gasteiger partial charge in [0.2, 0.25) is 0 Å². The van der Waals surface area contributed by atoms with E-state index >= 15 is 0 Å². The number of carbonyl (C=O) groups is 1. The van der Waals surface area contributed by atoms with Crippen molar-refractivity contribution in [3.05, 3.63) is 53.6 Å². The Morgan fingerprint density at radius 2 is 1.95 bits per heavy atom. The molecule has 3 aliphatic rings. The molecule has 2 aromatic carbocycles. The molecule has 3 atom stereocenters. The number of hydrogen-bond acceptors (Lipinski definition) is 8. The summed E-state index contributed by atoms with van der Waals surface area (Å²) in [6.45, 7) is 3.89. The predicted octanol–water partition coefficient (Wildman–Crippen LogP) is 1.38. The van der Waals surface area contributed by atoms with Crippen molar-refractivity contribution in [1.82, 2.24) is 14.5 Å². The number of β-amino-alcohol motifs (C(OH)–C–C–N with tert-alkyl or cyclic N) is 1. The van der Waals surface area contributed by atoms with Crippen LogP contribution in [0.15, 0.2) is 42.5 Å². The van der Waals surface area contributed by atoms with E-state index < -0.39 is 16.3 Å². The van der Waals surface area contributed by atoms with Crippen LogP contribution >= 0.6 is 0 Å². The van der Waals surface area contributed by atoms with Crippen LogP contribution in [0.3, 0.4) is 0 Å². The zero-order valence-corrected chi connectivity index (χ0v) is 23.7. The van der Waals surface area contributed by atoms with E-state index in [1.807, 2.05) is 30.3 Å². The molecule has 12 heteroatoms. The first-order valence-corrected chi connectivity index (χ1v) is 15.4. The Balaban J connectivity index is 1.45. The Morgan fingerprint density at radius 1 is 1.18 bits per heavy atom. The minimum Gasteiger partial charge on any atom is -0.480 e. The van der Waals surface area contributed by atoms with E-state index in [4.69, 9.17) is 9.47 Å². The smallest absolute Gasteiger partial charge is 0.301 e. The molecular weight excluding hydrogens is 534 g/mol. The fourth-order valence-electron chi connectivity index (χ4n) is 5.67. The number of likely N-dealkylation sites (N-methyl/N-ethyl adjacent to an activating group) is 1. The largest absolute Gasteiger partial charge is 0.480 e. The molecule has 5 rings (SSSR count). The Bertz CT molecular complexity index is 1270. The van der Waals surface area contributed by atoms with Crippen molar-refractivity contribution in [2.24, 2.45) is 0 Å². The van der Waals surface area contributed by atoms with Gasteiger partial charge in [0.1, 0.15) is 5.75 Å². The number of likely N-dealkylation sites (tertiary alicyclic amines) is 1. The molecule has 218 valence electrons. The second-order valence-electron chi connectivity index (χ2n) is 10.5. The summed E-state index contributed by atoms with van der Waals surface area (Å²) in [5.41, 5.74) is 2.94. The molecular formula is C28H39N5O6S. The number of hydrogen-bond donors (Lipinski definition) is 4. The number of morpholine rings is 1. The van der Waals surface area contributed by atoms with Gasteiger partial charge in [-0.2, -0.15) is 12.7 Å². The number of ether oxygens (including phenoxy) is 2. The monoisotopic (exact) mass is 573 g/mol. The number of anilines is 2. The predicted molar refractivity (Wildman–Crippen MR) is 153 cm³/mol. The Labute approximate surface area is 236 Å². The van der Waals surface area contributed by atoms with Crippen molar-refractivity contribution in [3.8, 4) is 5.75 Å². The third-order valence-corrected chi connectivity index (χ3v) is 9.30. The molecule has 1 amide bonds. The standard InChI is InChI=1S/C28H39N5O6S/c1-29-28(35)27(23(20-6-3-2-4-7-20)19-32-13-11-21(34)18-32)39-25-10-9-24(26-22(25)8-5-12-30-26)31-40(36,37)33-14-16-38-17-15-33/h2-4,6-7,9-10,21,23,27,30-31,34H,5,8,11-19H2,1H3,(H,29,35)/t21-,23+,27?/m0/s1. The second-order valence-corrected chi connectivity index (χ2v) is 12.2. The van der Waals surface area contributed by atoms with Gasteiger partial charge in [-0.25, -0.2) is 0 Å². The molecule has 40 heavy (non-hydrogen) atoms. The third-order valence-electron chi connectivity index (χ3n) is 7.78. The van der Waals surface area contributed by atoms with E-state index in [9.17, 15) is 18.3 Å². The first kappa shape index (κ1) is 28.6. The van der Waals surface area contributed by atoms with E-state index in [0.29, 0.717) is 75.9 Å². The number of nitrogens with zero attached hydrogens (tertiary/aromatic N) is 2. The summed E-state index contributed by atoms with van der Waals surface area (Å²) in [5.74, 6) is 0.00821. The molecule has 0 spiro atoms. The van der Waals surface area contributed by atoms with Crippen molar-refractivity contribution < 1.29 is 27.8 Å². The molecule has 0 aliphatic carbocycles. The van der Waals surface area contributed by atoms with Gasteiger partial charge in [-0.3, -0.25) is 14.4 Å². The lowest BCUT2D eigenvalue weighted by molar-refractivity contribution is -0.128. The lowest BCUT2D eigenvalue weighted by atomic mass is 9.91. The molecule has 0 radical (unpaired) electrons. The normalized spacial score (nSPS) is 21.6. The quantitative estimate of drug-likeness (QED) is 0.335. The molecule has 2 aromatic rings. The van der Waals surface area contributed by atoms with Crippen LogP contribution in [0.4, 0.5) is 11.4 Å². The summed E-state index contributed by atoms with van der Waals surface area (Å²) < 4.78 is 42.2. The molecule has 0 aromatic heterocycles. The van der Waals surface area contributed by atoms with Gasteiger partial charge in [0, 0.05) is 57.8 Å². The van der Waals surface area contributed by atoms with Crippen LogP contribution in [-0.2, 0) is 26.2 Å². The summed E-state index contributed by atoms with van der Waals surface area (Å²) in [6.07, 6.45) is 1.02. The Morgan fingerprint density at radius 3 is 2.65 bits per heavy atom. The number of carbonyl (C=O) groups excluding carboxylic acids is 1. The maximum atomic E-state index is 13.3. The zero-order chi connectivity index (χ0) is 28.1. The highest BCUT2D eigenvalue weighted by atomic mass is 32.2. The molecule has 0 bridgehead atoms. The summed E-state index contributed by atoms with van der Waals surface area (Å²) in [4.78, 5) is 15.5. The number of fused-ring (bicyclic) bond motifs is 1. The van der Waals surface area contributed by atoms with Crippen LogP contribution in [0.2, 0.25) is 0 Å². The van der Waals surface area contributed by atoms with Gasteiger partial charge in [-0.1, -0.05) is 30.3 Å². The van der Waals surface area contributed by atoms with Gasteiger partial charge < -0.3 is 25.2 Å². The van der Waals surface area contributed by atoms with Gasteiger partial charge in [0.05, 0.1) is 30.7 Å². The first-order chi connectivity index (χ1) is 19.4. The van der Waals surface area contributed by atoms with Crippen LogP contribution < -0.4 is 20.1 Å². The van der Waals surface area contributed by atoms with E-state index in [2.05, 4.69) is 20.3 Å². The fourth-order valence-corrected chi connectivity index (χ4v) is 6.88. The van der Waals surface area contributed by atoms with Gasteiger partial charge in [-0.15, -0.1) is 0 Å². The van der Waals surface area contributed by atoms with Crippen molar-refractivity contribution in [2.45, 2.75) is 37.4 Å². The van der Waals surface area contributed by atoms with E-state index in [1.165, 1.54) is 4.31 Å². The lowest BCUT2D eigenvalue weighted by Crippen LogP contribution is -2.45. The molecule has 3 heterocycles. The van der Waals surface area contributed by atoms with E-state index in [1.54, 1.807) is 19.2 Å². The minimum atomic E-state index is -3.76. The molecule has 2 saturated heterocycles. The maximum Gasteiger partial charge on any atom is 0.301 e. The average molecular weight is 574 g/mol. The van der Waals surface area contributed by atoms with Crippen molar-refractivity contribution in [1.29, 1.82) is 0 Å². The van der Waals surface area contributed by atoms with E-state index in [0.717, 1.165) is 24.1 Å². The molecule has 4 N–H and O–H groups in total. The molecule has 2 fully saturated rings. The highest BCUT2D eigenvalue weighted by Gasteiger charge is 2.36. The van der Waals surface area contributed by atoms with E-state index in [-0.39, 0.29) is 17.9 Å². The van der Waals surface area contributed by atoms with Crippen LogP contribution in [0.5, 0.6) is 5.75 Å². The molecule has 0 saturated carbocycles. The average Bonchev–Trinajstić information content (AvgIpc) is 3.40. The summed E-state index contributed by atoms with van der Waals surface area (Å²) in [6, 6.07) is 13.3. The Hall–Kier alpha value is -2.90. The highest BCUT2D eigenvalue weighted by molar-refractivity contribution is 7.90. The topological polar surface area (TPSA) is 132 Å². The molecule has 1 unspecified atom stereocenters. The molecule has 3 aliphatic heterocycles. The fraction of sp³-hybridized carbons (Fsp3) is 0.536. The minimum absolute atomic E-state index is 0.247. The second kappa shape index (κ2) is 12.7. The number of aliphatic hydroxyl groups is 1. The highest BCUT2D eigenvalue weighted by Crippen LogP contribution is 2.39. The van der Waals surface area contributed by atoms with Gasteiger partial charge in [0.15, 0.2) is 6.10 Å². The van der Waals surface area contributed by atoms with Crippen molar-refractivity contribution in [2.75, 3.05) is 69.6 Å². The third kappa shape index (κ3) is 6.52. The maximum absolute atomic E-state index is 13.3. The molecule has 11 nitrogen and oxygen atoms in total. The number of aliphatic hydroxyl groups excluding tert-OH is 1. The SMILES string of the molecule is CNC(=O)C(Oc1ccc(NS(=O)(=O)N2CCOCC2)c2c1CCCN2)[C@H](CN1CC[C@H](O)C1)c1ccccc1. The van der Waals surface area contributed by atoms with Crippen molar-refractivity contribution in [3.63, 3.8) is 0 Å². The first-order valence-electron chi connectivity index (χ1n) is 13.9. The lowest BCUT2D eigenvalue weighted by Gasteiger charge is -2.32. The van der Waals surface area contributed by atoms with Gasteiger partial charge >= 0.3 is 10.2 Å². The van der Waals surface area contributed by atoms with Crippen LogP contribution in [0, 0.1) is 0 Å². The van der Waals surface area contributed by atoms with Crippen molar-refractivity contribution >= 4 is 27.5 Å². The van der Waals surface area contributed by atoms with Gasteiger partial charge in [0.25, 0.3) is 5.91 Å². The summed E-state index contributed by atoms with van der Waals surface area (Å²) in [5, 5.41) is 16.2. The summed E-state index contributed by atoms with van der Waals surface area (Å²) in [7, 11) is -2.16. The Kier molecular flexibility index (Phi) is 9.11. The number of rotatable bonds is 10. The number of amides is 1. The summed E-state index contributed by atoms with van der Waals surface area (Å²) >= 11 is 0.